The standard InChI is InChI=1S/C12H16N6O2S/c19-21(20,17-7-11-3-4-13-8-15-11)12-9(6-16-18-12)5-14-10-1-2-10/h3-4,6,8,10,14,17H,1-2,5,7H2,(H,16,18). The zero-order valence-corrected chi connectivity index (χ0v) is 12.1. The van der Waals surface area contributed by atoms with E-state index in [1.165, 1.54) is 12.5 Å². The molecule has 112 valence electrons. The van der Waals surface area contributed by atoms with Crippen LogP contribution in [0.2, 0.25) is 0 Å². The maximum atomic E-state index is 12.3. The molecule has 1 aliphatic rings. The second kappa shape index (κ2) is 5.88. The molecule has 9 heteroatoms. The highest BCUT2D eigenvalue weighted by molar-refractivity contribution is 7.89. The van der Waals surface area contributed by atoms with Gasteiger partial charge in [0.2, 0.25) is 0 Å². The normalized spacial score (nSPS) is 15.2. The molecule has 8 nitrogen and oxygen atoms in total. The van der Waals surface area contributed by atoms with Crippen molar-refractivity contribution in [2.45, 2.75) is 37.0 Å². The molecule has 0 saturated heterocycles. The van der Waals surface area contributed by atoms with E-state index in [1.807, 2.05) is 0 Å². The van der Waals surface area contributed by atoms with Gasteiger partial charge in [0.05, 0.1) is 18.4 Å². The van der Waals surface area contributed by atoms with Crippen molar-refractivity contribution in [1.82, 2.24) is 30.2 Å². The lowest BCUT2D eigenvalue weighted by Gasteiger charge is -2.07. The van der Waals surface area contributed by atoms with Gasteiger partial charge in [-0.2, -0.15) is 5.10 Å². The minimum absolute atomic E-state index is 0.102. The van der Waals surface area contributed by atoms with Gasteiger partial charge in [0.25, 0.3) is 10.0 Å². The topological polar surface area (TPSA) is 113 Å². The smallest absolute Gasteiger partial charge is 0.258 e. The summed E-state index contributed by atoms with van der Waals surface area (Å²) in [6, 6.07) is 2.16. The van der Waals surface area contributed by atoms with Crippen LogP contribution in [0.3, 0.4) is 0 Å². The Kier molecular flexibility index (Phi) is 3.95. The summed E-state index contributed by atoms with van der Waals surface area (Å²) in [6.07, 6.45) is 6.77. The molecule has 1 aliphatic carbocycles. The molecule has 0 atom stereocenters. The van der Waals surface area contributed by atoms with Gasteiger partial charge < -0.3 is 5.32 Å². The Morgan fingerprint density at radius 1 is 1.33 bits per heavy atom. The van der Waals surface area contributed by atoms with Crippen LogP contribution in [0, 0.1) is 0 Å². The number of aromatic nitrogens is 4. The van der Waals surface area contributed by atoms with Gasteiger partial charge >= 0.3 is 0 Å². The molecular formula is C12H16N6O2S. The first kappa shape index (κ1) is 14.1. The highest BCUT2D eigenvalue weighted by Crippen LogP contribution is 2.20. The van der Waals surface area contributed by atoms with E-state index < -0.39 is 10.0 Å². The summed E-state index contributed by atoms with van der Waals surface area (Å²) in [5, 5.41) is 9.76. The van der Waals surface area contributed by atoms with Crippen molar-refractivity contribution in [3.05, 3.63) is 36.0 Å². The second-order valence-electron chi connectivity index (χ2n) is 4.90. The van der Waals surface area contributed by atoms with E-state index in [0.717, 1.165) is 12.8 Å². The molecule has 2 aromatic rings. The molecule has 0 aromatic carbocycles. The molecule has 1 fully saturated rings. The number of hydrogen-bond acceptors (Lipinski definition) is 6. The summed E-state index contributed by atoms with van der Waals surface area (Å²) < 4.78 is 27.1. The molecule has 0 amide bonds. The maximum Gasteiger partial charge on any atom is 0.258 e. The first-order valence-corrected chi connectivity index (χ1v) is 8.13. The zero-order valence-electron chi connectivity index (χ0n) is 11.3. The maximum absolute atomic E-state index is 12.3. The van der Waals surface area contributed by atoms with Crippen molar-refractivity contribution in [3.63, 3.8) is 0 Å². The molecule has 0 aliphatic heterocycles. The SMILES string of the molecule is O=S(=O)(NCc1ccncn1)c1[nH]ncc1CNC1CC1. The monoisotopic (exact) mass is 308 g/mol. The molecule has 0 bridgehead atoms. The van der Waals surface area contributed by atoms with Crippen molar-refractivity contribution >= 4 is 10.0 Å². The van der Waals surface area contributed by atoms with Crippen molar-refractivity contribution in [1.29, 1.82) is 0 Å². The van der Waals surface area contributed by atoms with E-state index in [-0.39, 0.29) is 11.6 Å². The number of H-pyrrole nitrogens is 1. The van der Waals surface area contributed by atoms with Gasteiger partial charge in [-0.1, -0.05) is 0 Å². The number of hydrogen-bond donors (Lipinski definition) is 3. The molecule has 2 aromatic heterocycles. The quantitative estimate of drug-likeness (QED) is 0.660. The van der Waals surface area contributed by atoms with Gasteiger partial charge in [-0.15, -0.1) is 0 Å². The van der Waals surface area contributed by atoms with Crippen LogP contribution in [-0.4, -0.2) is 34.6 Å². The van der Waals surface area contributed by atoms with Gasteiger partial charge in [-0.05, 0) is 18.9 Å². The van der Waals surface area contributed by atoms with Crippen LogP contribution in [0.4, 0.5) is 0 Å². The van der Waals surface area contributed by atoms with Gasteiger partial charge in [-0.25, -0.2) is 23.1 Å². The van der Waals surface area contributed by atoms with E-state index in [2.05, 4.69) is 30.2 Å². The Morgan fingerprint density at radius 2 is 2.19 bits per heavy atom. The van der Waals surface area contributed by atoms with E-state index in [0.29, 0.717) is 23.8 Å². The van der Waals surface area contributed by atoms with Crippen LogP contribution in [0.25, 0.3) is 0 Å². The number of nitrogens with one attached hydrogen (secondary N) is 3. The molecule has 3 N–H and O–H groups in total. The number of rotatable bonds is 7. The molecule has 3 rings (SSSR count). The molecule has 0 spiro atoms. The van der Waals surface area contributed by atoms with E-state index >= 15 is 0 Å². The number of nitrogens with zero attached hydrogens (tertiary/aromatic N) is 3. The van der Waals surface area contributed by atoms with Crippen molar-refractivity contribution in [2.75, 3.05) is 0 Å². The Labute approximate surface area is 122 Å². The third-order valence-electron chi connectivity index (χ3n) is 3.19. The molecule has 0 radical (unpaired) electrons. The predicted molar refractivity (Wildman–Crippen MR) is 74.5 cm³/mol. The van der Waals surface area contributed by atoms with Crippen molar-refractivity contribution in [2.24, 2.45) is 0 Å². The fraction of sp³-hybridized carbons (Fsp3) is 0.417. The van der Waals surface area contributed by atoms with Crippen LogP contribution >= 0.6 is 0 Å². The average molecular weight is 308 g/mol. The Hall–Kier alpha value is -1.84. The summed E-state index contributed by atoms with van der Waals surface area (Å²) in [6.45, 7) is 0.601. The van der Waals surface area contributed by atoms with Crippen molar-refractivity contribution in [3.8, 4) is 0 Å². The summed E-state index contributed by atoms with van der Waals surface area (Å²) in [5.41, 5.74) is 1.24. The van der Waals surface area contributed by atoms with Gasteiger partial charge in [0, 0.05) is 24.3 Å². The van der Waals surface area contributed by atoms with Crippen LogP contribution in [0.15, 0.2) is 29.8 Å². The second-order valence-corrected chi connectivity index (χ2v) is 6.61. The minimum atomic E-state index is -3.64. The Balaban J connectivity index is 1.67. The fourth-order valence-corrected chi connectivity index (χ4v) is 2.99. The summed E-state index contributed by atoms with van der Waals surface area (Å²) in [4.78, 5) is 7.76. The van der Waals surface area contributed by atoms with Gasteiger partial charge in [0.1, 0.15) is 6.33 Å². The highest BCUT2D eigenvalue weighted by atomic mass is 32.2. The Bertz CT molecular complexity index is 696. The lowest BCUT2D eigenvalue weighted by atomic mass is 10.3. The van der Waals surface area contributed by atoms with Gasteiger partial charge in [0.15, 0.2) is 5.03 Å². The lowest BCUT2D eigenvalue weighted by molar-refractivity contribution is 0.572. The molecule has 0 unspecified atom stereocenters. The van der Waals surface area contributed by atoms with E-state index in [9.17, 15) is 8.42 Å². The fourth-order valence-electron chi connectivity index (χ4n) is 1.86. The zero-order chi connectivity index (χ0) is 14.7. The first-order chi connectivity index (χ1) is 10.1. The number of aromatic amines is 1. The largest absolute Gasteiger partial charge is 0.310 e. The molecular weight excluding hydrogens is 292 g/mol. The van der Waals surface area contributed by atoms with Crippen LogP contribution in [0.5, 0.6) is 0 Å². The Morgan fingerprint density at radius 3 is 2.90 bits per heavy atom. The molecule has 1 saturated carbocycles. The number of sulfonamides is 1. The summed E-state index contributed by atoms with van der Waals surface area (Å²) in [7, 11) is -3.64. The third kappa shape index (κ3) is 3.63. The lowest BCUT2D eigenvalue weighted by Crippen LogP contribution is -2.26. The first-order valence-electron chi connectivity index (χ1n) is 6.65. The molecule has 2 heterocycles. The average Bonchev–Trinajstić information content (AvgIpc) is 3.20. The predicted octanol–water partition coefficient (Wildman–Crippen LogP) is -0.0698. The minimum Gasteiger partial charge on any atom is -0.310 e. The van der Waals surface area contributed by atoms with Crippen molar-refractivity contribution < 1.29 is 8.42 Å². The van der Waals surface area contributed by atoms with Crippen LogP contribution in [-0.2, 0) is 23.1 Å². The summed E-state index contributed by atoms with van der Waals surface area (Å²) in [5.74, 6) is 0. The third-order valence-corrected chi connectivity index (χ3v) is 4.61. The highest BCUT2D eigenvalue weighted by Gasteiger charge is 2.24. The van der Waals surface area contributed by atoms with Gasteiger partial charge in [-0.3, -0.25) is 5.10 Å². The summed E-state index contributed by atoms with van der Waals surface area (Å²) >= 11 is 0. The van der Waals surface area contributed by atoms with E-state index in [1.54, 1.807) is 12.3 Å². The van der Waals surface area contributed by atoms with Crippen LogP contribution in [0.1, 0.15) is 24.1 Å². The molecule has 21 heavy (non-hydrogen) atoms. The van der Waals surface area contributed by atoms with Crippen LogP contribution < -0.4 is 10.0 Å². The van der Waals surface area contributed by atoms with E-state index in [4.69, 9.17) is 0 Å².